The summed E-state index contributed by atoms with van der Waals surface area (Å²) in [5.41, 5.74) is 4.83. The molecule has 6 rings (SSSR count). The van der Waals surface area contributed by atoms with Crippen LogP contribution in [-0.2, 0) is 26.3 Å². The van der Waals surface area contributed by atoms with Crippen molar-refractivity contribution in [1.82, 2.24) is 10.3 Å². The number of carbonyl (C=O) groups is 2. The SMILES string of the molecule is CO/N=C1\CC(CCC(=O)Nc2ncc(C)s2)C2C3CCc4cc(OC(=O)[C@@H]5CCCN5)c(C(C)(C)C)cc4C3CC[C@]12C. The molecule has 1 saturated heterocycles. The number of thiazole rings is 1. The first-order valence-electron chi connectivity index (χ1n) is 16.4. The van der Waals surface area contributed by atoms with E-state index in [2.05, 4.69) is 60.6 Å². The lowest BCUT2D eigenvalue weighted by Gasteiger charge is -2.50. The van der Waals surface area contributed by atoms with Crippen molar-refractivity contribution in [3.63, 3.8) is 0 Å². The zero-order chi connectivity index (χ0) is 31.2. The molecule has 44 heavy (non-hydrogen) atoms. The van der Waals surface area contributed by atoms with E-state index in [-0.39, 0.29) is 28.7 Å². The molecule has 1 aromatic heterocycles. The normalized spacial score (nSPS) is 30.4. The van der Waals surface area contributed by atoms with E-state index in [1.165, 1.54) is 22.5 Å². The van der Waals surface area contributed by atoms with E-state index in [0.717, 1.165) is 79.8 Å². The topological polar surface area (TPSA) is 102 Å². The third kappa shape index (κ3) is 5.94. The predicted octanol–water partition coefficient (Wildman–Crippen LogP) is 6.91. The van der Waals surface area contributed by atoms with Gasteiger partial charge in [0.1, 0.15) is 18.9 Å². The Balaban J connectivity index is 1.27. The molecule has 8 nitrogen and oxygen atoms in total. The third-order valence-corrected chi connectivity index (χ3v) is 11.7. The van der Waals surface area contributed by atoms with Crippen molar-refractivity contribution in [1.29, 1.82) is 0 Å². The number of esters is 1. The Morgan fingerprint density at radius 2 is 2.05 bits per heavy atom. The number of ether oxygens (including phenoxy) is 1. The Bertz CT molecular complexity index is 1440. The number of fused-ring (bicyclic) bond motifs is 5. The molecule has 3 fully saturated rings. The van der Waals surface area contributed by atoms with Crippen LogP contribution >= 0.6 is 11.3 Å². The number of anilines is 1. The van der Waals surface area contributed by atoms with Crippen LogP contribution in [0.5, 0.6) is 5.75 Å². The van der Waals surface area contributed by atoms with Crippen LogP contribution in [0.25, 0.3) is 0 Å². The molecule has 1 amide bonds. The second kappa shape index (κ2) is 12.2. The van der Waals surface area contributed by atoms with Gasteiger partial charge in [0.05, 0.1) is 5.71 Å². The highest BCUT2D eigenvalue weighted by Crippen LogP contribution is 2.63. The number of carbonyl (C=O) groups excluding carboxylic acids is 2. The highest BCUT2D eigenvalue weighted by molar-refractivity contribution is 7.15. The molecule has 2 heterocycles. The van der Waals surface area contributed by atoms with Crippen molar-refractivity contribution >= 4 is 34.1 Å². The maximum atomic E-state index is 13.0. The molecule has 0 spiro atoms. The molecule has 4 aliphatic rings. The fourth-order valence-electron chi connectivity index (χ4n) is 8.84. The molecular weight excluding hydrogens is 572 g/mol. The zero-order valence-corrected chi connectivity index (χ0v) is 27.9. The number of nitrogens with zero attached hydrogens (tertiary/aromatic N) is 2. The Morgan fingerprint density at radius 3 is 2.73 bits per heavy atom. The van der Waals surface area contributed by atoms with Crippen molar-refractivity contribution < 1.29 is 19.2 Å². The number of hydrogen-bond donors (Lipinski definition) is 2. The quantitative estimate of drug-likeness (QED) is 0.198. The van der Waals surface area contributed by atoms with Gasteiger partial charge in [-0.1, -0.05) is 38.9 Å². The zero-order valence-electron chi connectivity index (χ0n) is 27.1. The van der Waals surface area contributed by atoms with Gasteiger partial charge in [0.15, 0.2) is 5.13 Å². The Kier molecular flexibility index (Phi) is 8.65. The molecule has 1 aromatic carbocycles. The average Bonchev–Trinajstić information content (AvgIpc) is 3.71. The molecule has 0 bridgehead atoms. The summed E-state index contributed by atoms with van der Waals surface area (Å²) in [6.07, 6.45) is 10.0. The molecule has 1 aliphatic heterocycles. The van der Waals surface area contributed by atoms with Crippen molar-refractivity contribution in [3.8, 4) is 5.75 Å². The fraction of sp³-hybridized carbons (Fsp3) is 0.657. The number of aromatic nitrogens is 1. The number of aryl methyl sites for hydroxylation is 2. The molecule has 238 valence electrons. The summed E-state index contributed by atoms with van der Waals surface area (Å²) in [6, 6.07) is 4.34. The van der Waals surface area contributed by atoms with E-state index in [0.29, 0.717) is 35.2 Å². The van der Waals surface area contributed by atoms with Gasteiger partial charge in [-0.3, -0.25) is 4.79 Å². The maximum absolute atomic E-state index is 13.0. The average molecular weight is 621 g/mol. The second-order valence-electron chi connectivity index (χ2n) is 14.7. The van der Waals surface area contributed by atoms with Crippen molar-refractivity contribution in [3.05, 3.63) is 39.9 Å². The summed E-state index contributed by atoms with van der Waals surface area (Å²) in [6.45, 7) is 11.9. The van der Waals surface area contributed by atoms with E-state index < -0.39 is 0 Å². The van der Waals surface area contributed by atoms with Crippen LogP contribution in [0, 0.1) is 30.1 Å². The summed E-state index contributed by atoms with van der Waals surface area (Å²) in [7, 11) is 1.64. The Hall–Kier alpha value is -2.78. The van der Waals surface area contributed by atoms with E-state index in [1.807, 2.05) is 6.92 Å². The summed E-state index contributed by atoms with van der Waals surface area (Å²) in [5, 5.41) is 11.5. The van der Waals surface area contributed by atoms with Crippen LogP contribution in [0.15, 0.2) is 23.5 Å². The fourth-order valence-corrected chi connectivity index (χ4v) is 9.52. The van der Waals surface area contributed by atoms with Gasteiger partial charge in [-0.15, -0.1) is 11.3 Å². The molecule has 2 saturated carbocycles. The first-order valence-corrected chi connectivity index (χ1v) is 17.2. The van der Waals surface area contributed by atoms with Crippen molar-refractivity contribution in [2.45, 2.75) is 110 Å². The lowest BCUT2D eigenvalue weighted by Crippen LogP contribution is -2.44. The van der Waals surface area contributed by atoms with E-state index in [1.54, 1.807) is 13.3 Å². The predicted molar refractivity (Wildman–Crippen MR) is 174 cm³/mol. The highest BCUT2D eigenvalue weighted by atomic mass is 32.1. The molecule has 4 unspecified atom stereocenters. The van der Waals surface area contributed by atoms with Gasteiger partial charge in [0, 0.05) is 28.5 Å². The van der Waals surface area contributed by atoms with Crippen LogP contribution < -0.4 is 15.4 Å². The van der Waals surface area contributed by atoms with Gasteiger partial charge >= 0.3 is 5.97 Å². The highest BCUT2D eigenvalue weighted by Gasteiger charge is 2.57. The van der Waals surface area contributed by atoms with Gasteiger partial charge in [0.25, 0.3) is 0 Å². The molecule has 0 radical (unpaired) electrons. The minimum absolute atomic E-state index is 0.0289. The van der Waals surface area contributed by atoms with Crippen molar-refractivity contribution in [2.24, 2.45) is 28.3 Å². The lowest BCUT2D eigenvalue weighted by atomic mass is 9.53. The van der Waals surface area contributed by atoms with E-state index >= 15 is 0 Å². The Labute approximate surface area is 265 Å². The van der Waals surface area contributed by atoms with Crippen molar-refractivity contribution in [2.75, 3.05) is 19.0 Å². The summed E-state index contributed by atoms with van der Waals surface area (Å²) in [4.78, 5) is 36.8. The summed E-state index contributed by atoms with van der Waals surface area (Å²) >= 11 is 1.51. The summed E-state index contributed by atoms with van der Waals surface area (Å²) < 4.78 is 6.13. The van der Waals surface area contributed by atoms with Crippen LogP contribution in [-0.4, -0.2) is 42.3 Å². The molecule has 2 N–H and O–H groups in total. The first kappa shape index (κ1) is 31.2. The molecule has 6 atom stereocenters. The standard InChI is InChI=1S/C35H48N4O4S/c1-20-19-37-33(44-20)38-30(40)12-10-22-17-29(39-42-6)35(5)14-13-23-24(31(22)35)11-9-21-16-28(26(18-25(21)23)34(2,3)4)43-32(41)27-8-7-15-36-27/h16,18-19,22-24,27,31,36H,7-15,17H2,1-6H3,(H,37,38,40)/b39-29+/t22?,23?,24?,27-,31?,35+/m0/s1. The monoisotopic (exact) mass is 620 g/mol. The van der Waals surface area contributed by atoms with Crippen LogP contribution in [0.1, 0.15) is 107 Å². The van der Waals surface area contributed by atoms with Crippen LogP contribution in [0.2, 0.25) is 0 Å². The van der Waals surface area contributed by atoms with Gasteiger partial charge in [-0.05, 0) is 111 Å². The minimum Gasteiger partial charge on any atom is -0.425 e. The van der Waals surface area contributed by atoms with E-state index in [9.17, 15) is 9.59 Å². The number of oxime groups is 1. The first-order chi connectivity index (χ1) is 21.0. The molecule has 9 heteroatoms. The third-order valence-electron chi connectivity index (χ3n) is 10.9. The Morgan fingerprint density at radius 1 is 1.23 bits per heavy atom. The molecule has 2 aromatic rings. The van der Waals surface area contributed by atoms with E-state index in [4.69, 9.17) is 9.57 Å². The summed E-state index contributed by atoms with van der Waals surface area (Å²) in [5.74, 6) is 2.34. The second-order valence-corrected chi connectivity index (χ2v) is 15.9. The largest absolute Gasteiger partial charge is 0.425 e. The van der Waals surface area contributed by atoms with Crippen LogP contribution in [0.3, 0.4) is 0 Å². The minimum atomic E-state index is -0.214. The number of nitrogens with one attached hydrogen (secondary N) is 2. The molecular formula is C35H48N4O4S. The number of amides is 1. The van der Waals surface area contributed by atoms with Gasteiger partial charge < -0.3 is 20.2 Å². The van der Waals surface area contributed by atoms with Gasteiger partial charge in [-0.25, -0.2) is 9.78 Å². The van der Waals surface area contributed by atoms with Gasteiger partial charge in [0.2, 0.25) is 5.91 Å². The van der Waals surface area contributed by atoms with Crippen LogP contribution in [0.4, 0.5) is 5.13 Å². The maximum Gasteiger partial charge on any atom is 0.328 e. The van der Waals surface area contributed by atoms with Gasteiger partial charge in [-0.2, -0.15) is 0 Å². The molecule has 3 aliphatic carbocycles. The number of hydrogen-bond acceptors (Lipinski definition) is 8. The number of benzene rings is 1. The lowest BCUT2D eigenvalue weighted by molar-refractivity contribution is -0.136. The smallest absolute Gasteiger partial charge is 0.328 e. The number of rotatable bonds is 7.